The molecular formula is C22H22N6O2. The zero-order valence-electron chi connectivity index (χ0n) is 16.7. The molecular weight excluding hydrogens is 380 g/mol. The normalized spacial score (nSPS) is 16.4. The Balaban J connectivity index is 1.19. The zero-order valence-corrected chi connectivity index (χ0v) is 16.7. The number of para-hydroxylation sites is 2. The number of aryl methyl sites for hydroxylation is 2. The molecule has 0 bridgehead atoms. The lowest BCUT2D eigenvalue weighted by molar-refractivity contribution is -0.130. The number of carbonyl (C=O) groups excluding carboxylic acids is 1. The van der Waals surface area contributed by atoms with Crippen molar-refractivity contribution in [3.8, 4) is 11.5 Å². The molecule has 152 valence electrons. The number of fused-ring (bicyclic) bond motifs is 1. The first-order valence-electron chi connectivity index (χ1n) is 10.1. The van der Waals surface area contributed by atoms with Crippen molar-refractivity contribution in [3.63, 3.8) is 0 Å². The predicted octanol–water partition coefficient (Wildman–Crippen LogP) is 3.27. The molecule has 0 aliphatic carbocycles. The SMILES string of the molecule is Cc1ccc(-c2nnc(C3CCN(C(=O)CCc4nc5ccccc5[nH]4)C3)o2)cn1. The van der Waals surface area contributed by atoms with Crippen molar-refractivity contribution in [2.75, 3.05) is 13.1 Å². The van der Waals surface area contributed by atoms with E-state index < -0.39 is 0 Å². The number of rotatable bonds is 5. The van der Waals surface area contributed by atoms with Gasteiger partial charge in [-0.2, -0.15) is 0 Å². The highest BCUT2D eigenvalue weighted by Crippen LogP contribution is 2.29. The van der Waals surface area contributed by atoms with Gasteiger partial charge in [-0.15, -0.1) is 10.2 Å². The number of hydrogen-bond acceptors (Lipinski definition) is 6. The third-order valence-corrected chi connectivity index (χ3v) is 5.50. The highest BCUT2D eigenvalue weighted by atomic mass is 16.4. The van der Waals surface area contributed by atoms with Gasteiger partial charge < -0.3 is 14.3 Å². The molecule has 1 amide bonds. The number of nitrogens with zero attached hydrogens (tertiary/aromatic N) is 5. The fourth-order valence-corrected chi connectivity index (χ4v) is 3.81. The van der Waals surface area contributed by atoms with E-state index in [-0.39, 0.29) is 11.8 Å². The number of amides is 1. The second-order valence-electron chi connectivity index (χ2n) is 7.66. The van der Waals surface area contributed by atoms with Crippen LogP contribution in [0.1, 0.15) is 36.2 Å². The molecule has 1 N–H and O–H groups in total. The van der Waals surface area contributed by atoms with Crippen molar-refractivity contribution in [1.29, 1.82) is 0 Å². The Morgan fingerprint density at radius 1 is 1.23 bits per heavy atom. The minimum Gasteiger partial charge on any atom is -0.420 e. The van der Waals surface area contributed by atoms with Gasteiger partial charge in [0.15, 0.2) is 0 Å². The quantitative estimate of drug-likeness (QED) is 0.550. The zero-order chi connectivity index (χ0) is 20.5. The number of pyridine rings is 1. The van der Waals surface area contributed by atoms with Gasteiger partial charge in [0.25, 0.3) is 0 Å². The van der Waals surface area contributed by atoms with E-state index in [0.29, 0.717) is 37.7 Å². The van der Waals surface area contributed by atoms with Crippen molar-refractivity contribution < 1.29 is 9.21 Å². The maximum Gasteiger partial charge on any atom is 0.249 e. The Morgan fingerprint density at radius 3 is 2.97 bits per heavy atom. The smallest absolute Gasteiger partial charge is 0.249 e. The maximum atomic E-state index is 12.7. The molecule has 3 aromatic heterocycles. The molecule has 0 saturated carbocycles. The Labute approximate surface area is 173 Å². The lowest BCUT2D eigenvalue weighted by atomic mass is 10.1. The molecule has 5 rings (SSSR count). The van der Waals surface area contributed by atoms with Crippen molar-refractivity contribution >= 4 is 16.9 Å². The number of aromatic nitrogens is 5. The molecule has 1 atom stereocenters. The number of aromatic amines is 1. The van der Waals surface area contributed by atoms with Crippen LogP contribution in [0.15, 0.2) is 47.0 Å². The van der Waals surface area contributed by atoms with E-state index in [2.05, 4.69) is 25.1 Å². The summed E-state index contributed by atoms with van der Waals surface area (Å²) in [5.41, 5.74) is 3.66. The molecule has 1 unspecified atom stereocenters. The topological polar surface area (TPSA) is 101 Å². The summed E-state index contributed by atoms with van der Waals surface area (Å²) in [6, 6.07) is 11.7. The molecule has 30 heavy (non-hydrogen) atoms. The van der Waals surface area contributed by atoms with Crippen LogP contribution in [0.2, 0.25) is 0 Å². The molecule has 1 aliphatic rings. The lowest BCUT2D eigenvalue weighted by Crippen LogP contribution is -2.28. The third kappa shape index (κ3) is 3.68. The molecule has 8 nitrogen and oxygen atoms in total. The summed E-state index contributed by atoms with van der Waals surface area (Å²) in [6.07, 6.45) is 3.58. The Bertz CT molecular complexity index is 1150. The van der Waals surface area contributed by atoms with Crippen molar-refractivity contribution in [1.82, 2.24) is 30.0 Å². The first kappa shape index (κ1) is 18.5. The van der Waals surface area contributed by atoms with E-state index in [0.717, 1.165) is 34.5 Å². The average Bonchev–Trinajstić information content (AvgIpc) is 3.51. The second-order valence-corrected chi connectivity index (χ2v) is 7.66. The summed E-state index contributed by atoms with van der Waals surface area (Å²) < 4.78 is 5.87. The molecule has 1 saturated heterocycles. The van der Waals surface area contributed by atoms with Gasteiger partial charge >= 0.3 is 0 Å². The Hall–Kier alpha value is -3.55. The van der Waals surface area contributed by atoms with Crippen LogP contribution < -0.4 is 0 Å². The largest absolute Gasteiger partial charge is 0.420 e. The summed E-state index contributed by atoms with van der Waals surface area (Å²) in [5, 5.41) is 8.37. The third-order valence-electron chi connectivity index (χ3n) is 5.50. The maximum absolute atomic E-state index is 12.7. The fourth-order valence-electron chi connectivity index (χ4n) is 3.81. The van der Waals surface area contributed by atoms with Crippen LogP contribution in [0.4, 0.5) is 0 Å². The number of H-pyrrole nitrogens is 1. The molecule has 8 heteroatoms. The summed E-state index contributed by atoms with van der Waals surface area (Å²) in [5.74, 6) is 2.08. The van der Waals surface area contributed by atoms with Crippen molar-refractivity contribution in [2.24, 2.45) is 0 Å². The van der Waals surface area contributed by atoms with Crippen LogP contribution in [0, 0.1) is 6.92 Å². The number of hydrogen-bond donors (Lipinski definition) is 1. The highest BCUT2D eigenvalue weighted by molar-refractivity contribution is 5.77. The summed E-state index contributed by atoms with van der Waals surface area (Å²) in [7, 11) is 0. The molecule has 1 fully saturated rings. The van der Waals surface area contributed by atoms with E-state index in [1.54, 1.807) is 6.20 Å². The number of carbonyl (C=O) groups is 1. The summed E-state index contributed by atoms with van der Waals surface area (Å²) in [6.45, 7) is 3.24. The molecule has 1 aliphatic heterocycles. The summed E-state index contributed by atoms with van der Waals surface area (Å²) in [4.78, 5) is 26.7. The van der Waals surface area contributed by atoms with Gasteiger partial charge in [0.1, 0.15) is 5.82 Å². The van der Waals surface area contributed by atoms with E-state index in [1.807, 2.05) is 48.2 Å². The van der Waals surface area contributed by atoms with Crippen LogP contribution in [0.25, 0.3) is 22.5 Å². The van der Waals surface area contributed by atoms with E-state index in [1.165, 1.54) is 0 Å². The van der Waals surface area contributed by atoms with Crippen LogP contribution >= 0.6 is 0 Å². The second kappa shape index (κ2) is 7.70. The summed E-state index contributed by atoms with van der Waals surface area (Å²) >= 11 is 0. The van der Waals surface area contributed by atoms with Gasteiger partial charge in [-0.05, 0) is 37.6 Å². The van der Waals surface area contributed by atoms with Gasteiger partial charge in [-0.1, -0.05) is 12.1 Å². The highest BCUT2D eigenvalue weighted by Gasteiger charge is 2.31. The number of benzene rings is 1. The fraction of sp³-hybridized carbons (Fsp3) is 0.318. The average molecular weight is 402 g/mol. The van der Waals surface area contributed by atoms with Gasteiger partial charge in [-0.25, -0.2) is 4.98 Å². The lowest BCUT2D eigenvalue weighted by Gasteiger charge is -2.15. The van der Waals surface area contributed by atoms with Crippen LogP contribution in [0.5, 0.6) is 0 Å². The van der Waals surface area contributed by atoms with Gasteiger partial charge in [0, 0.05) is 37.8 Å². The van der Waals surface area contributed by atoms with Crippen molar-refractivity contribution in [2.45, 2.75) is 32.1 Å². The molecule has 0 spiro atoms. The molecule has 0 radical (unpaired) electrons. The van der Waals surface area contributed by atoms with Gasteiger partial charge in [0.05, 0.1) is 22.5 Å². The Morgan fingerprint density at radius 2 is 2.13 bits per heavy atom. The standard InChI is InChI=1S/C22H22N6O2/c1-14-6-7-15(12-23-14)21-26-27-22(30-21)16-10-11-28(13-16)20(29)9-8-19-24-17-4-2-3-5-18(17)25-19/h2-7,12,16H,8-11,13H2,1H3,(H,24,25). The molecule has 4 aromatic rings. The Kier molecular flexibility index (Phi) is 4.74. The van der Waals surface area contributed by atoms with Gasteiger partial charge in [0.2, 0.25) is 17.7 Å². The predicted molar refractivity (Wildman–Crippen MR) is 111 cm³/mol. The molecule has 4 heterocycles. The van der Waals surface area contributed by atoms with Crippen LogP contribution in [0.3, 0.4) is 0 Å². The van der Waals surface area contributed by atoms with Crippen molar-refractivity contribution in [3.05, 3.63) is 60.0 Å². The minimum absolute atomic E-state index is 0.0693. The number of likely N-dealkylation sites (tertiary alicyclic amines) is 1. The number of nitrogens with one attached hydrogen (secondary N) is 1. The monoisotopic (exact) mass is 402 g/mol. The first-order chi connectivity index (χ1) is 14.7. The molecule has 1 aromatic carbocycles. The minimum atomic E-state index is 0.0693. The van der Waals surface area contributed by atoms with Gasteiger partial charge in [-0.3, -0.25) is 9.78 Å². The first-order valence-corrected chi connectivity index (χ1v) is 10.1. The van der Waals surface area contributed by atoms with E-state index in [9.17, 15) is 4.79 Å². The number of imidazole rings is 1. The van der Waals surface area contributed by atoms with E-state index >= 15 is 0 Å². The van der Waals surface area contributed by atoms with E-state index in [4.69, 9.17) is 4.42 Å². The van der Waals surface area contributed by atoms with Crippen LogP contribution in [-0.4, -0.2) is 49.0 Å². The van der Waals surface area contributed by atoms with Crippen LogP contribution in [-0.2, 0) is 11.2 Å².